The van der Waals surface area contributed by atoms with Gasteiger partial charge in [-0.25, -0.2) is 13.6 Å². The number of hydrogen-bond acceptors (Lipinski definition) is 6. The van der Waals surface area contributed by atoms with Gasteiger partial charge in [-0.3, -0.25) is 0 Å². The minimum absolute atomic E-state index is 0.0524. The average Bonchev–Trinajstić information content (AvgIpc) is 2.26. The Morgan fingerprint density at radius 2 is 2.17 bits per heavy atom. The highest BCUT2D eigenvalue weighted by Gasteiger charge is 2.13. The molecule has 1 unspecified atom stereocenters. The molecule has 0 spiro atoms. The lowest BCUT2D eigenvalue weighted by molar-refractivity contribution is 0.153. The first-order chi connectivity index (χ1) is 8.38. The third-order valence-electron chi connectivity index (χ3n) is 2.28. The first-order valence-electron chi connectivity index (χ1n) is 5.17. The van der Waals surface area contributed by atoms with Crippen LogP contribution in [0.4, 0.5) is 11.4 Å². The number of anilines is 2. The fourth-order valence-electron chi connectivity index (χ4n) is 1.47. The van der Waals surface area contributed by atoms with E-state index in [9.17, 15) is 8.42 Å². The number of rotatable bonds is 6. The van der Waals surface area contributed by atoms with Gasteiger partial charge in [-0.1, -0.05) is 0 Å². The zero-order valence-corrected chi connectivity index (χ0v) is 10.8. The van der Waals surface area contributed by atoms with Gasteiger partial charge in [0.15, 0.2) is 0 Å². The van der Waals surface area contributed by atoms with Gasteiger partial charge in [0.2, 0.25) is 10.0 Å². The Balaban J connectivity index is 2.91. The second kappa shape index (κ2) is 6.01. The van der Waals surface area contributed by atoms with Gasteiger partial charge < -0.3 is 20.9 Å². The van der Waals surface area contributed by atoms with E-state index < -0.39 is 10.0 Å². The molecule has 0 heterocycles. The van der Waals surface area contributed by atoms with Crippen molar-refractivity contribution in [3.8, 4) is 0 Å². The van der Waals surface area contributed by atoms with E-state index in [4.69, 9.17) is 20.7 Å². The van der Waals surface area contributed by atoms with Crippen LogP contribution in [-0.2, 0) is 14.8 Å². The lowest BCUT2D eigenvalue weighted by atomic mass is 10.2. The van der Waals surface area contributed by atoms with Crippen LogP contribution in [0.3, 0.4) is 0 Å². The van der Waals surface area contributed by atoms with Crippen molar-refractivity contribution in [2.75, 3.05) is 31.4 Å². The molecular formula is C10H17N3O4S. The van der Waals surface area contributed by atoms with Gasteiger partial charge in [0.05, 0.1) is 24.9 Å². The minimum Gasteiger partial charge on any atom is -0.398 e. The molecule has 1 aromatic rings. The van der Waals surface area contributed by atoms with Crippen LogP contribution in [0.5, 0.6) is 0 Å². The third kappa shape index (κ3) is 3.84. The van der Waals surface area contributed by atoms with Crippen LogP contribution < -0.4 is 16.2 Å². The predicted octanol–water partition coefficient (Wildman–Crippen LogP) is -0.665. The highest BCUT2D eigenvalue weighted by atomic mass is 32.2. The van der Waals surface area contributed by atoms with Crippen LogP contribution in [0, 0.1) is 0 Å². The van der Waals surface area contributed by atoms with Crippen molar-refractivity contribution >= 4 is 21.4 Å². The molecular weight excluding hydrogens is 258 g/mol. The molecule has 6 N–H and O–H groups in total. The third-order valence-corrected chi connectivity index (χ3v) is 3.26. The molecule has 0 aromatic heterocycles. The number of benzene rings is 1. The Hall–Kier alpha value is -1.35. The lowest BCUT2D eigenvalue weighted by Gasteiger charge is -2.17. The van der Waals surface area contributed by atoms with E-state index in [0.717, 1.165) is 0 Å². The number of nitrogens with one attached hydrogen (secondary N) is 1. The van der Waals surface area contributed by atoms with Crippen molar-refractivity contribution in [1.29, 1.82) is 0 Å². The number of aliphatic hydroxyl groups is 1. The van der Waals surface area contributed by atoms with Crippen LogP contribution in [-0.4, -0.2) is 39.9 Å². The molecule has 1 rings (SSSR count). The van der Waals surface area contributed by atoms with Crippen molar-refractivity contribution in [2.45, 2.75) is 10.9 Å². The van der Waals surface area contributed by atoms with Crippen molar-refractivity contribution in [1.82, 2.24) is 0 Å². The smallest absolute Gasteiger partial charge is 0.240 e. The normalized spacial score (nSPS) is 13.3. The standard InChI is InChI=1S/C10H17N3O4S/c1-17-6-8(5-14)13-7-2-3-10(9(11)4-7)18(12,15)16/h2-4,8,13-14H,5-6,11H2,1H3,(H2,12,15,16). The SMILES string of the molecule is COCC(CO)Nc1ccc(S(N)(=O)=O)c(N)c1. The number of ether oxygens (including phenoxy) is 1. The summed E-state index contributed by atoms with van der Waals surface area (Å²) in [5, 5.41) is 17.0. The molecule has 0 aliphatic heterocycles. The molecule has 7 nitrogen and oxygen atoms in total. The summed E-state index contributed by atoms with van der Waals surface area (Å²) in [6.45, 7) is 0.192. The molecule has 0 bridgehead atoms. The van der Waals surface area contributed by atoms with Crippen LogP contribution in [0.25, 0.3) is 0 Å². The average molecular weight is 275 g/mol. The maximum atomic E-state index is 11.2. The van der Waals surface area contributed by atoms with Gasteiger partial charge >= 0.3 is 0 Å². The van der Waals surface area contributed by atoms with Gasteiger partial charge in [-0.2, -0.15) is 0 Å². The van der Waals surface area contributed by atoms with E-state index in [-0.39, 0.29) is 23.2 Å². The maximum Gasteiger partial charge on any atom is 0.240 e. The molecule has 0 aliphatic rings. The minimum atomic E-state index is -3.82. The van der Waals surface area contributed by atoms with Crippen LogP contribution in [0.2, 0.25) is 0 Å². The topological polar surface area (TPSA) is 128 Å². The molecule has 8 heteroatoms. The van der Waals surface area contributed by atoms with E-state index >= 15 is 0 Å². The fraction of sp³-hybridized carbons (Fsp3) is 0.400. The second-order valence-corrected chi connectivity index (χ2v) is 5.31. The number of methoxy groups -OCH3 is 1. The van der Waals surface area contributed by atoms with Gasteiger partial charge in [-0.05, 0) is 18.2 Å². The molecule has 102 valence electrons. The van der Waals surface area contributed by atoms with Crippen molar-refractivity contribution in [3.05, 3.63) is 18.2 Å². The summed E-state index contributed by atoms with van der Waals surface area (Å²) in [5.74, 6) is 0. The zero-order valence-electron chi connectivity index (χ0n) is 9.96. The first kappa shape index (κ1) is 14.7. The molecule has 0 saturated carbocycles. The number of nitrogens with two attached hydrogens (primary N) is 2. The Bertz CT molecular complexity index is 504. The first-order valence-corrected chi connectivity index (χ1v) is 6.71. The van der Waals surface area contributed by atoms with Crippen molar-refractivity contribution in [3.63, 3.8) is 0 Å². The van der Waals surface area contributed by atoms with Gasteiger partial charge in [0.1, 0.15) is 4.90 Å². The van der Waals surface area contributed by atoms with Crippen LogP contribution in [0.15, 0.2) is 23.1 Å². The zero-order chi connectivity index (χ0) is 13.8. The summed E-state index contributed by atoms with van der Waals surface area (Å²) in [6.07, 6.45) is 0. The Morgan fingerprint density at radius 1 is 1.50 bits per heavy atom. The van der Waals surface area contributed by atoms with E-state index in [0.29, 0.717) is 12.3 Å². The quantitative estimate of drug-likeness (QED) is 0.510. The summed E-state index contributed by atoms with van der Waals surface area (Å²) >= 11 is 0. The predicted molar refractivity (Wildman–Crippen MR) is 68.6 cm³/mol. The number of primary sulfonamides is 1. The second-order valence-electron chi connectivity index (χ2n) is 3.78. The lowest BCUT2D eigenvalue weighted by Crippen LogP contribution is -2.28. The number of sulfonamides is 1. The highest BCUT2D eigenvalue weighted by Crippen LogP contribution is 2.21. The van der Waals surface area contributed by atoms with E-state index in [1.807, 2.05) is 0 Å². The number of hydrogen-bond donors (Lipinski definition) is 4. The summed E-state index contributed by atoms with van der Waals surface area (Å²) < 4.78 is 27.2. The molecule has 0 saturated heterocycles. The van der Waals surface area contributed by atoms with Gasteiger partial charge in [0, 0.05) is 12.8 Å². The summed E-state index contributed by atoms with van der Waals surface area (Å²) in [6, 6.07) is 3.98. The van der Waals surface area contributed by atoms with Crippen LogP contribution in [0.1, 0.15) is 0 Å². The van der Waals surface area contributed by atoms with Gasteiger partial charge in [-0.15, -0.1) is 0 Å². The van der Waals surface area contributed by atoms with Crippen molar-refractivity contribution < 1.29 is 18.3 Å². The summed E-state index contributed by atoms with van der Waals surface area (Å²) in [7, 11) is -2.30. The van der Waals surface area contributed by atoms with E-state index in [2.05, 4.69) is 5.32 Å². The number of aliphatic hydroxyl groups excluding tert-OH is 1. The highest BCUT2D eigenvalue weighted by molar-refractivity contribution is 7.89. The molecule has 0 fully saturated rings. The molecule has 1 aromatic carbocycles. The van der Waals surface area contributed by atoms with E-state index in [1.165, 1.54) is 25.3 Å². The van der Waals surface area contributed by atoms with Crippen LogP contribution >= 0.6 is 0 Å². The molecule has 0 radical (unpaired) electrons. The van der Waals surface area contributed by atoms with Crippen molar-refractivity contribution in [2.24, 2.45) is 5.14 Å². The fourth-order valence-corrected chi connectivity index (χ4v) is 2.12. The monoisotopic (exact) mass is 275 g/mol. The Labute approximate surface area is 106 Å². The Morgan fingerprint density at radius 3 is 2.61 bits per heavy atom. The molecule has 0 aliphatic carbocycles. The molecule has 18 heavy (non-hydrogen) atoms. The molecule has 0 amide bonds. The summed E-state index contributed by atoms with van der Waals surface area (Å²) in [4.78, 5) is -0.125. The largest absolute Gasteiger partial charge is 0.398 e. The molecule has 1 atom stereocenters. The van der Waals surface area contributed by atoms with Gasteiger partial charge in [0.25, 0.3) is 0 Å². The maximum absolute atomic E-state index is 11.2. The number of nitrogen functional groups attached to an aromatic ring is 1. The summed E-state index contributed by atoms with van der Waals surface area (Å²) in [5.41, 5.74) is 6.24. The Kier molecular flexibility index (Phi) is 4.91. The van der Waals surface area contributed by atoms with E-state index in [1.54, 1.807) is 0 Å².